The van der Waals surface area contributed by atoms with E-state index in [1.165, 1.54) is 15.5 Å². The molecule has 1 radical (unpaired) electrons. The van der Waals surface area contributed by atoms with Gasteiger partial charge in [-0.2, -0.15) is 0 Å². The first kappa shape index (κ1) is 36.4. The number of rotatable bonds is 7. The Hall–Kier alpha value is -3.90. The van der Waals surface area contributed by atoms with E-state index in [2.05, 4.69) is 110 Å². The predicted molar refractivity (Wildman–Crippen MR) is 203 cm³/mol. The molecule has 0 aliphatic carbocycles. The molecule has 0 fully saturated rings. The van der Waals surface area contributed by atoms with Crippen LogP contribution >= 0.6 is 0 Å². The van der Waals surface area contributed by atoms with E-state index >= 15 is 0 Å². The van der Waals surface area contributed by atoms with Crippen molar-refractivity contribution in [2.45, 2.75) is 57.3 Å². The van der Waals surface area contributed by atoms with Gasteiger partial charge in [0, 0.05) is 31.9 Å². The van der Waals surface area contributed by atoms with Crippen LogP contribution in [0.25, 0.3) is 55.8 Å². The van der Waals surface area contributed by atoms with Crippen LogP contribution in [0.3, 0.4) is 0 Å². The fraction of sp³-hybridized carbons (Fsp3) is 0.233. The number of aromatic nitrogens is 3. The number of fused-ring (bicyclic) bond motifs is 3. The average molecular weight is 883 g/mol. The minimum atomic E-state index is -1.85. The van der Waals surface area contributed by atoms with E-state index in [1.54, 1.807) is 0 Å². The molecule has 7 aromatic rings. The molecule has 7 rings (SSSR count). The Kier molecular flexibility index (Phi) is 11.7. The molecule has 4 heterocycles. The SMILES string of the molecule is CC(C)Cc1ccnc(-c2[c-]ccc3c2oc2ccc(-c4ccccc4)nc23)c1.CC(C)c1cc(-c2[c-]cccc2)nc[c]1[Ge]([CH3])([CH3])[CH3].[Ir]. The van der Waals surface area contributed by atoms with E-state index in [-0.39, 0.29) is 20.1 Å². The summed E-state index contributed by atoms with van der Waals surface area (Å²) in [5, 5.41) is 0.989. The molecule has 0 aliphatic heterocycles. The van der Waals surface area contributed by atoms with Crippen LogP contribution in [0.1, 0.15) is 44.7 Å². The van der Waals surface area contributed by atoms with E-state index in [9.17, 15) is 0 Å². The van der Waals surface area contributed by atoms with Gasteiger partial charge >= 0.3 is 119 Å². The second kappa shape index (κ2) is 15.8. The number of pyridine rings is 3. The summed E-state index contributed by atoms with van der Waals surface area (Å²) in [6.45, 7) is 8.99. The Balaban J connectivity index is 0.000000205. The molecule has 0 aliphatic rings. The zero-order valence-corrected chi connectivity index (χ0v) is 33.8. The minimum Gasteiger partial charge on any atom is 0 e. The fourth-order valence-electron chi connectivity index (χ4n) is 6.05. The topological polar surface area (TPSA) is 51.8 Å². The summed E-state index contributed by atoms with van der Waals surface area (Å²) in [7, 11) is 0. The first-order chi connectivity index (χ1) is 23.1. The normalized spacial score (nSPS) is 11.4. The van der Waals surface area contributed by atoms with Crippen LogP contribution in [-0.4, -0.2) is 28.2 Å². The Morgan fingerprint density at radius 3 is 2.22 bits per heavy atom. The molecule has 6 heteroatoms. The number of hydrogen-bond donors (Lipinski definition) is 0. The fourth-order valence-corrected chi connectivity index (χ4v) is 9.58. The zero-order valence-electron chi connectivity index (χ0n) is 29.3. The van der Waals surface area contributed by atoms with Gasteiger partial charge in [0.25, 0.3) is 0 Å². The van der Waals surface area contributed by atoms with Crippen LogP contribution in [-0.2, 0) is 26.5 Å². The smallest absolute Gasteiger partial charge is 0 e. The Morgan fingerprint density at radius 2 is 1.53 bits per heavy atom. The minimum absolute atomic E-state index is 0. The average Bonchev–Trinajstić information content (AvgIpc) is 3.47. The zero-order chi connectivity index (χ0) is 33.8. The van der Waals surface area contributed by atoms with Gasteiger partial charge in [0.1, 0.15) is 5.58 Å². The Bertz CT molecular complexity index is 2150. The first-order valence-corrected chi connectivity index (χ1v) is 24.1. The van der Waals surface area contributed by atoms with Gasteiger partial charge in [-0.1, -0.05) is 61.4 Å². The molecule has 0 atom stereocenters. The quantitative estimate of drug-likeness (QED) is 0.118. The maximum Gasteiger partial charge on any atom is 0 e. The maximum atomic E-state index is 6.22. The van der Waals surface area contributed by atoms with Crippen LogP contribution in [0, 0.1) is 18.1 Å². The number of hydrogen-bond acceptors (Lipinski definition) is 4. The van der Waals surface area contributed by atoms with Gasteiger partial charge in [0.15, 0.2) is 0 Å². The van der Waals surface area contributed by atoms with Crippen molar-refractivity contribution >= 4 is 39.7 Å². The van der Waals surface area contributed by atoms with Crippen molar-refractivity contribution in [2.24, 2.45) is 5.92 Å². The van der Waals surface area contributed by atoms with Crippen LogP contribution in [0.2, 0.25) is 17.3 Å². The van der Waals surface area contributed by atoms with Crippen molar-refractivity contribution in [3.05, 3.63) is 133 Å². The molecule has 0 saturated heterocycles. The first-order valence-electron chi connectivity index (χ1n) is 16.8. The van der Waals surface area contributed by atoms with Gasteiger partial charge in [-0.05, 0) is 41.6 Å². The van der Waals surface area contributed by atoms with Crippen molar-refractivity contribution in [1.82, 2.24) is 15.0 Å². The molecular weight excluding hydrogens is 839 g/mol. The van der Waals surface area contributed by atoms with Gasteiger partial charge in [0.2, 0.25) is 0 Å². The van der Waals surface area contributed by atoms with Crippen molar-refractivity contribution in [2.75, 3.05) is 0 Å². The van der Waals surface area contributed by atoms with Crippen LogP contribution in [0.4, 0.5) is 0 Å². The molecule has 0 spiro atoms. The number of benzene rings is 3. The second-order valence-electron chi connectivity index (χ2n) is 14.1. The van der Waals surface area contributed by atoms with E-state index in [1.807, 2.05) is 66.9 Å². The third-order valence-electron chi connectivity index (χ3n) is 8.42. The molecule has 0 amide bonds. The number of nitrogens with zero attached hydrogens (tertiary/aromatic N) is 3. The third-order valence-corrected chi connectivity index (χ3v) is 12.7. The van der Waals surface area contributed by atoms with Crippen molar-refractivity contribution < 1.29 is 24.5 Å². The summed E-state index contributed by atoms with van der Waals surface area (Å²) < 4.78 is 7.74. The van der Waals surface area contributed by atoms with E-state index in [0.29, 0.717) is 11.8 Å². The second-order valence-corrected chi connectivity index (χ2v) is 24.7. The summed E-state index contributed by atoms with van der Waals surface area (Å²) in [5.74, 6) is 8.42. The van der Waals surface area contributed by atoms with Crippen molar-refractivity contribution in [3.63, 3.8) is 0 Å². The molecule has 4 nitrogen and oxygen atoms in total. The molecule has 251 valence electrons. The largest absolute Gasteiger partial charge is 0 e. The molecule has 3 aromatic carbocycles. The van der Waals surface area contributed by atoms with Gasteiger partial charge in [0.05, 0.1) is 16.8 Å². The van der Waals surface area contributed by atoms with Gasteiger partial charge < -0.3 is 9.40 Å². The molecular formula is C43H43GeIrN3O-2. The molecule has 4 aromatic heterocycles. The molecule has 0 bridgehead atoms. The molecule has 0 N–H and O–H groups in total. The van der Waals surface area contributed by atoms with Gasteiger partial charge in [-0.3, -0.25) is 0 Å². The summed E-state index contributed by atoms with van der Waals surface area (Å²) in [4.78, 5) is 14.2. The third kappa shape index (κ3) is 8.46. The monoisotopic (exact) mass is 884 g/mol. The van der Waals surface area contributed by atoms with E-state index in [4.69, 9.17) is 9.40 Å². The molecule has 0 saturated carbocycles. The standard InChI is InChI=1S/C26H21N2O.C17H22GeN.Ir/c1-17(2)15-18-13-14-27-23(16-18)20-9-6-10-21-25-24(29-26(20)21)12-11-22(28-25)19-7-4-3-5-8-19;1-13(2)15-11-17(14-9-7-6-8-10-14)19-12-16(15)18(3,4)5;/h3-8,10-14,16-17H,15H2,1-2H3;6-9,11-13H,1-5H3;/q2*-1;. The van der Waals surface area contributed by atoms with E-state index < -0.39 is 13.3 Å². The van der Waals surface area contributed by atoms with E-state index in [0.717, 1.165) is 62.3 Å². The number of furan rings is 1. The van der Waals surface area contributed by atoms with Crippen molar-refractivity contribution in [3.8, 4) is 33.8 Å². The van der Waals surface area contributed by atoms with Gasteiger partial charge in [-0.15, -0.1) is 18.2 Å². The van der Waals surface area contributed by atoms with Crippen LogP contribution in [0.5, 0.6) is 0 Å². The van der Waals surface area contributed by atoms with Crippen LogP contribution < -0.4 is 4.40 Å². The van der Waals surface area contributed by atoms with Crippen molar-refractivity contribution in [1.29, 1.82) is 0 Å². The summed E-state index contributed by atoms with van der Waals surface area (Å²) in [6, 6.07) is 39.3. The van der Waals surface area contributed by atoms with Gasteiger partial charge in [-0.25, -0.2) is 4.98 Å². The summed E-state index contributed by atoms with van der Waals surface area (Å²) >= 11 is -1.85. The molecule has 0 unspecified atom stereocenters. The molecule has 49 heavy (non-hydrogen) atoms. The summed E-state index contributed by atoms with van der Waals surface area (Å²) in [6.07, 6.45) is 5.01. The maximum absolute atomic E-state index is 6.22. The predicted octanol–water partition coefficient (Wildman–Crippen LogP) is 10.9. The Morgan fingerprint density at radius 1 is 0.755 bits per heavy atom. The Labute approximate surface area is 307 Å². The van der Waals surface area contributed by atoms with Crippen LogP contribution in [0.15, 0.2) is 114 Å². The summed E-state index contributed by atoms with van der Waals surface area (Å²) in [5.41, 5.74) is 11.1.